The summed E-state index contributed by atoms with van der Waals surface area (Å²) in [5.74, 6) is -4.08. The van der Waals surface area contributed by atoms with Crippen LogP contribution in [0.25, 0.3) is 0 Å². The molecule has 1 heterocycles. The molecular formula is C9H7F3N2O6. The molecule has 1 aromatic heterocycles. The maximum absolute atomic E-state index is 12.1. The molecule has 0 N–H and O–H groups in total. The summed E-state index contributed by atoms with van der Waals surface area (Å²) in [6.07, 6.45) is -5.12. The number of rotatable bonds is 4. The lowest BCUT2D eigenvalue weighted by molar-refractivity contribution is -0.390. The number of halogens is 3. The molecule has 0 fully saturated rings. The third-order valence-electron chi connectivity index (χ3n) is 1.95. The van der Waals surface area contributed by atoms with E-state index in [1.54, 1.807) is 0 Å². The Morgan fingerprint density at radius 3 is 2.40 bits per heavy atom. The zero-order chi connectivity index (χ0) is 15.5. The molecule has 1 rings (SSSR count). The number of hydrogen-bond acceptors (Lipinski definition) is 7. The van der Waals surface area contributed by atoms with Gasteiger partial charge in [0.15, 0.2) is 5.56 Å². The summed E-state index contributed by atoms with van der Waals surface area (Å²) >= 11 is 0. The van der Waals surface area contributed by atoms with E-state index in [0.717, 1.165) is 14.2 Å². The highest BCUT2D eigenvalue weighted by molar-refractivity contribution is 5.93. The van der Waals surface area contributed by atoms with E-state index in [1.165, 1.54) is 0 Å². The highest BCUT2D eigenvalue weighted by atomic mass is 19.4. The van der Waals surface area contributed by atoms with Crippen LogP contribution in [0.3, 0.4) is 0 Å². The second kappa shape index (κ2) is 5.59. The Bertz CT molecular complexity index is 545. The molecule has 0 atom stereocenters. The molecule has 20 heavy (non-hydrogen) atoms. The molecule has 0 bridgehead atoms. The second-order valence-corrected chi connectivity index (χ2v) is 3.16. The number of nitrogens with zero attached hydrogens (tertiary/aromatic N) is 2. The van der Waals surface area contributed by atoms with Gasteiger partial charge in [0.05, 0.1) is 14.2 Å². The van der Waals surface area contributed by atoms with Crippen molar-refractivity contribution in [2.45, 2.75) is 6.36 Å². The van der Waals surface area contributed by atoms with Crippen LogP contribution in [0, 0.1) is 10.1 Å². The Morgan fingerprint density at radius 2 is 2.00 bits per heavy atom. The predicted molar refractivity (Wildman–Crippen MR) is 55.5 cm³/mol. The Labute approximate surface area is 109 Å². The summed E-state index contributed by atoms with van der Waals surface area (Å²) in [7, 11) is 1.92. The smallest absolute Gasteiger partial charge is 0.489 e. The minimum Gasteiger partial charge on any atom is -0.489 e. The third kappa shape index (κ3) is 3.46. The van der Waals surface area contributed by atoms with Gasteiger partial charge < -0.3 is 24.3 Å². The van der Waals surface area contributed by atoms with Crippen molar-refractivity contribution in [2.75, 3.05) is 14.2 Å². The van der Waals surface area contributed by atoms with Crippen molar-refractivity contribution in [2.24, 2.45) is 0 Å². The first-order valence-corrected chi connectivity index (χ1v) is 4.77. The van der Waals surface area contributed by atoms with Gasteiger partial charge >= 0.3 is 24.0 Å². The first-order valence-electron chi connectivity index (χ1n) is 4.77. The van der Waals surface area contributed by atoms with Crippen molar-refractivity contribution in [3.8, 4) is 11.6 Å². The topological polar surface area (TPSA) is 101 Å². The van der Waals surface area contributed by atoms with Gasteiger partial charge in [-0.3, -0.25) is 0 Å². The fraction of sp³-hybridized carbons (Fsp3) is 0.333. The van der Waals surface area contributed by atoms with Gasteiger partial charge in [-0.1, -0.05) is 0 Å². The van der Waals surface area contributed by atoms with E-state index < -0.39 is 40.3 Å². The molecule has 0 saturated heterocycles. The predicted octanol–water partition coefficient (Wildman–Crippen LogP) is 1.68. The van der Waals surface area contributed by atoms with Crippen LogP contribution in [-0.2, 0) is 4.74 Å². The summed E-state index contributed by atoms with van der Waals surface area (Å²) in [5.41, 5.74) is -0.663. The van der Waals surface area contributed by atoms with Gasteiger partial charge in [-0.05, 0) is 4.92 Å². The Balaban J connectivity index is 3.45. The second-order valence-electron chi connectivity index (χ2n) is 3.16. The molecule has 0 amide bonds. The number of carbonyl (C=O) groups excluding carboxylic acids is 1. The van der Waals surface area contributed by atoms with Crippen LogP contribution in [0.5, 0.6) is 11.6 Å². The number of methoxy groups -OCH3 is 2. The summed E-state index contributed by atoms with van der Waals surface area (Å²) in [6, 6.07) is 0.679. The number of esters is 1. The molecule has 0 unspecified atom stereocenters. The van der Waals surface area contributed by atoms with Crippen LogP contribution in [0.2, 0.25) is 0 Å². The lowest BCUT2D eigenvalue weighted by atomic mass is 10.2. The Morgan fingerprint density at radius 1 is 1.40 bits per heavy atom. The van der Waals surface area contributed by atoms with E-state index in [2.05, 4.69) is 19.2 Å². The highest BCUT2D eigenvalue weighted by Crippen LogP contribution is 2.34. The minimum absolute atomic E-state index is 0.603. The maximum Gasteiger partial charge on any atom is 0.575 e. The van der Waals surface area contributed by atoms with Gasteiger partial charge in [-0.15, -0.1) is 13.2 Å². The number of hydrogen-bond donors (Lipinski definition) is 0. The van der Waals surface area contributed by atoms with Crippen molar-refractivity contribution < 1.29 is 37.1 Å². The number of ether oxygens (including phenoxy) is 3. The maximum atomic E-state index is 12.1. The quantitative estimate of drug-likeness (QED) is 0.473. The van der Waals surface area contributed by atoms with E-state index in [9.17, 15) is 28.1 Å². The number of aromatic nitrogens is 1. The Kier molecular flexibility index (Phi) is 4.32. The van der Waals surface area contributed by atoms with Gasteiger partial charge in [0, 0.05) is 11.1 Å². The van der Waals surface area contributed by atoms with Gasteiger partial charge in [0.2, 0.25) is 5.75 Å². The molecule has 0 aliphatic carbocycles. The highest BCUT2D eigenvalue weighted by Gasteiger charge is 2.38. The molecule has 1 aromatic rings. The van der Waals surface area contributed by atoms with Gasteiger partial charge in [0.1, 0.15) is 0 Å². The van der Waals surface area contributed by atoms with E-state index >= 15 is 0 Å². The molecule has 0 spiro atoms. The molecular weight excluding hydrogens is 289 g/mol. The van der Waals surface area contributed by atoms with Gasteiger partial charge in [0.25, 0.3) is 0 Å². The molecule has 0 aliphatic heterocycles. The van der Waals surface area contributed by atoms with Crippen molar-refractivity contribution >= 4 is 11.8 Å². The zero-order valence-electron chi connectivity index (χ0n) is 10.1. The van der Waals surface area contributed by atoms with E-state index in [1.807, 2.05) is 0 Å². The summed E-state index contributed by atoms with van der Waals surface area (Å²) in [4.78, 5) is 23.9. The third-order valence-corrected chi connectivity index (χ3v) is 1.95. The minimum atomic E-state index is -5.12. The first kappa shape index (κ1) is 15.5. The lowest BCUT2D eigenvalue weighted by Crippen LogP contribution is -2.19. The fourth-order valence-corrected chi connectivity index (χ4v) is 1.20. The SMILES string of the molecule is COC(=O)c1cc(OC)c(OC(F)(F)F)nc1[N+](=O)[O-]. The van der Waals surface area contributed by atoms with E-state index in [0.29, 0.717) is 6.07 Å². The molecule has 110 valence electrons. The van der Waals surface area contributed by atoms with Crippen LogP contribution in [0.15, 0.2) is 6.07 Å². The van der Waals surface area contributed by atoms with Crippen molar-refractivity contribution in [1.82, 2.24) is 4.98 Å². The van der Waals surface area contributed by atoms with E-state index in [4.69, 9.17) is 0 Å². The largest absolute Gasteiger partial charge is 0.575 e. The summed E-state index contributed by atoms with van der Waals surface area (Å²) < 4.78 is 48.7. The standard InChI is InChI=1S/C9H7F3N2O6/c1-18-5-3-4(8(15)19-2)6(14(16)17)13-7(5)20-9(10,11)12/h3H,1-2H3. The van der Waals surface area contributed by atoms with Crippen molar-refractivity contribution in [3.05, 3.63) is 21.7 Å². The number of pyridine rings is 1. The van der Waals surface area contributed by atoms with Crippen molar-refractivity contribution in [1.29, 1.82) is 0 Å². The molecule has 0 radical (unpaired) electrons. The number of carbonyl (C=O) groups is 1. The first-order chi connectivity index (χ1) is 9.19. The van der Waals surface area contributed by atoms with Crippen LogP contribution < -0.4 is 9.47 Å². The monoisotopic (exact) mass is 296 g/mol. The van der Waals surface area contributed by atoms with Crippen LogP contribution >= 0.6 is 0 Å². The molecule has 8 nitrogen and oxygen atoms in total. The summed E-state index contributed by atoms with van der Waals surface area (Å²) in [6.45, 7) is 0. The van der Waals surface area contributed by atoms with Gasteiger partial charge in [-0.2, -0.15) is 0 Å². The normalized spacial score (nSPS) is 10.8. The van der Waals surface area contributed by atoms with Crippen molar-refractivity contribution in [3.63, 3.8) is 0 Å². The lowest BCUT2D eigenvalue weighted by Gasteiger charge is -2.09. The average molecular weight is 296 g/mol. The molecule has 0 aliphatic rings. The van der Waals surface area contributed by atoms with Gasteiger partial charge in [-0.25, -0.2) is 4.79 Å². The number of alkyl halides is 3. The average Bonchev–Trinajstić information content (AvgIpc) is 2.35. The number of nitro groups is 1. The van der Waals surface area contributed by atoms with Crippen LogP contribution in [0.1, 0.15) is 10.4 Å². The molecule has 0 saturated carbocycles. The molecule has 11 heteroatoms. The van der Waals surface area contributed by atoms with E-state index in [-0.39, 0.29) is 0 Å². The Hall–Kier alpha value is -2.59. The van der Waals surface area contributed by atoms with Crippen LogP contribution in [0.4, 0.5) is 19.0 Å². The fourth-order valence-electron chi connectivity index (χ4n) is 1.20. The molecule has 0 aromatic carbocycles. The zero-order valence-corrected chi connectivity index (χ0v) is 10.1. The summed E-state index contributed by atoms with van der Waals surface area (Å²) in [5, 5.41) is 10.7. The van der Waals surface area contributed by atoms with Crippen LogP contribution in [-0.4, -0.2) is 36.5 Å².